The number of aliphatic hydroxyl groups is 1. The van der Waals surface area contributed by atoms with Gasteiger partial charge in [-0.1, -0.05) is 36.8 Å². The highest BCUT2D eigenvalue weighted by Crippen LogP contribution is 2.45. The first-order valence-electron chi connectivity index (χ1n) is 7.23. The van der Waals surface area contributed by atoms with Crippen molar-refractivity contribution in [2.75, 3.05) is 13.1 Å². The van der Waals surface area contributed by atoms with Crippen LogP contribution in [0.25, 0.3) is 0 Å². The number of hydrogen-bond acceptors (Lipinski definition) is 2. The molecule has 2 heteroatoms. The van der Waals surface area contributed by atoms with Gasteiger partial charge in [-0.2, -0.15) is 0 Å². The van der Waals surface area contributed by atoms with E-state index in [1.807, 2.05) is 0 Å². The number of rotatable bonds is 2. The summed E-state index contributed by atoms with van der Waals surface area (Å²) in [6, 6.07) is 10.7. The molecule has 1 saturated carbocycles. The van der Waals surface area contributed by atoms with Gasteiger partial charge in [0.25, 0.3) is 0 Å². The van der Waals surface area contributed by atoms with Crippen molar-refractivity contribution in [3.8, 4) is 0 Å². The second-order valence-corrected chi connectivity index (χ2v) is 6.07. The minimum absolute atomic E-state index is 0.0592. The molecule has 0 radical (unpaired) electrons. The highest BCUT2D eigenvalue weighted by molar-refractivity contribution is 5.14. The molecule has 1 heterocycles. The number of piperidine rings is 1. The Morgan fingerprint density at radius 3 is 2.67 bits per heavy atom. The Kier molecular flexibility index (Phi) is 3.40. The van der Waals surface area contributed by atoms with Gasteiger partial charge in [-0.3, -0.25) is 4.90 Å². The smallest absolute Gasteiger partial charge is 0.0608 e. The highest BCUT2D eigenvalue weighted by atomic mass is 16.3. The topological polar surface area (TPSA) is 23.5 Å². The molecule has 1 N–H and O–H groups in total. The van der Waals surface area contributed by atoms with Gasteiger partial charge in [-0.05, 0) is 37.8 Å². The molecular weight excluding hydrogens is 222 g/mol. The average molecular weight is 245 g/mol. The van der Waals surface area contributed by atoms with E-state index in [0.29, 0.717) is 0 Å². The van der Waals surface area contributed by atoms with Gasteiger partial charge in [0.05, 0.1) is 6.10 Å². The molecule has 2 aliphatic rings. The second kappa shape index (κ2) is 5.02. The maximum atomic E-state index is 10.3. The predicted molar refractivity (Wildman–Crippen MR) is 73.2 cm³/mol. The van der Waals surface area contributed by atoms with E-state index in [9.17, 15) is 5.11 Å². The van der Waals surface area contributed by atoms with Gasteiger partial charge in [0, 0.05) is 18.5 Å². The zero-order valence-electron chi connectivity index (χ0n) is 11.0. The molecule has 0 bridgehead atoms. The maximum absolute atomic E-state index is 10.3. The van der Waals surface area contributed by atoms with Gasteiger partial charge in [0.1, 0.15) is 0 Å². The van der Waals surface area contributed by atoms with Crippen LogP contribution in [0, 0.1) is 5.41 Å². The van der Waals surface area contributed by atoms with Crippen LogP contribution in [0.15, 0.2) is 30.3 Å². The SMILES string of the molecule is O[C@H]1CCC[C@]12CCCN(Cc1ccccc1)C2. The van der Waals surface area contributed by atoms with Crippen molar-refractivity contribution in [1.82, 2.24) is 4.90 Å². The van der Waals surface area contributed by atoms with Crippen molar-refractivity contribution < 1.29 is 5.11 Å². The lowest BCUT2D eigenvalue weighted by Gasteiger charge is -2.42. The third-order valence-corrected chi connectivity index (χ3v) is 4.80. The van der Waals surface area contributed by atoms with Gasteiger partial charge < -0.3 is 5.11 Å². The van der Waals surface area contributed by atoms with Crippen molar-refractivity contribution in [2.45, 2.75) is 44.8 Å². The van der Waals surface area contributed by atoms with E-state index < -0.39 is 0 Å². The second-order valence-electron chi connectivity index (χ2n) is 6.07. The molecule has 1 aliphatic heterocycles. The number of benzene rings is 1. The lowest BCUT2D eigenvalue weighted by atomic mass is 9.76. The first-order chi connectivity index (χ1) is 8.78. The molecule has 2 nitrogen and oxygen atoms in total. The van der Waals surface area contributed by atoms with Gasteiger partial charge in [0.2, 0.25) is 0 Å². The average Bonchev–Trinajstić information content (AvgIpc) is 2.72. The first kappa shape index (κ1) is 12.2. The van der Waals surface area contributed by atoms with Crippen LogP contribution < -0.4 is 0 Å². The molecule has 0 aromatic heterocycles. The summed E-state index contributed by atoms with van der Waals surface area (Å²) in [5, 5.41) is 10.3. The van der Waals surface area contributed by atoms with E-state index in [4.69, 9.17) is 0 Å². The van der Waals surface area contributed by atoms with Gasteiger partial charge in [-0.25, -0.2) is 0 Å². The van der Waals surface area contributed by atoms with Crippen LogP contribution in [0.1, 0.15) is 37.7 Å². The largest absolute Gasteiger partial charge is 0.393 e. The van der Waals surface area contributed by atoms with E-state index >= 15 is 0 Å². The maximum Gasteiger partial charge on any atom is 0.0608 e. The van der Waals surface area contributed by atoms with E-state index in [2.05, 4.69) is 35.2 Å². The summed E-state index contributed by atoms with van der Waals surface area (Å²) in [4.78, 5) is 2.54. The molecule has 3 rings (SSSR count). The Labute approximate surface area is 110 Å². The van der Waals surface area contributed by atoms with Gasteiger partial charge in [0.15, 0.2) is 0 Å². The van der Waals surface area contributed by atoms with Crippen molar-refractivity contribution in [3.05, 3.63) is 35.9 Å². The summed E-state index contributed by atoms with van der Waals surface area (Å²) in [7, 11) is 0. The standard InChI is InChI=1S/C16H23NO/c18-15-8-4-9-16(15)10-5-11-17(13-16)12-14-6-2-1-3-7-14/h1-3,6-7,15,18H,4-5,8-13H2/t15-,16+/m0/s1. The fourth-order valence-electron chi connectivity index (χ4n) is 3.83. The fraction of sp³-hybridized carbons (Fsp3) is 0.625. The van der Waals surface area contributed by atoms with Crippen LogP contribution in [0.3, 0.4) is 0 Å². The fourth-order valence-corrected chi connectivity index (χ4v) is 3.83. The minimum atomic E-state index is -0.0592. The lowest BCUT2D eigenvalue weighted by Crippen LogP contribution is -2.46. The lowest BCUT2D eigenvalue weighted by molar-refractivity contribution is -0.0120. The predicted octanol–water partition coefficient (Wildman–Crippen LogP) is 2.81. The van der Waals surface area contributed by atoms with Crippen molar-refractivity contribution >= 4 is 0 Å². The van der Waals surface area contributed by atoms with Crippen LogP contribution in [0.2, 0.25) is 0 Å². The molecule has 1 aliphatic carbocycles. The molecular formula is C16H23NO. The molecule has 98 valence electrons. The molecule has 0 amide bonds. The number of likely N-dealkylation sites (tertiary alicyclic amines) is 1. The molecule has 2 atom stereocenters. The number of nitrogens with zero attached hydrogens (tertiary/aromatic N) is 1. The molecule has 1 aromatic carbocycles. The number of aliphatic hydroxyl groups excluding tert-OH is 1. The van der Waals surface area contributed by atoms with Crippen molar-refractivity contribution in [1.29, 1.82) is 0 Å². The Hall–Kier alpha value is -0.860. The summed E-state index contributed by atoms with van der Waals surface area (Å²) < 4.78 is 0. The molecule has 1 aromatic rings. The van der Waals surface area contributed by atoms with Crippen molar-refractivity contribution in [2.24, 2.45) is 5.41 Å². The summed E-state index contributed by atoms with van der Waals surface area (Å²) in [6.45, 7) is 3.31. The van der Waals surface area contributed by atoms with E-state index in [1.54, 1.807) is 0 Å². The third-order valence-electron chi connectivity index (χ3n) is 4.80. The number of hydrogen-bond donors (Lipinski definition) is 1. The van der Waals surface area contributed by atoms with Crippen molar-refractivity contribution in [3.63, 3.8) is 0 Å². The Balaban J connectivity index is 1.67. The molecule has 1 spiro atoms. The molecule has 0 unspecified atom stereocenters. The summed E-state index contributed by atoms with van der Waals surface area (Å²) in [5.41, 5.74) is 1.61. The normalized spacial score (nSPS) is 33.1. The quantitative estimate of drug-likeness (QED) is 0.866. The Bertz CT molecular complexity index is 391. The minimum Gasteiger partial charge on any atom is -0.393 e. The first-order valence-corrected chi connectivity index (χ1v) is 7.23. The zero-order valence-corrected chi connectivity index (χ0v) is 11.0. The van der Waals surface area contributed by atoms with E-state index in [1.165, 1.54) is 37.8 Å². The van der Waals surface area contributed by atoms with E-state index in [-0.39, 0.29) is 11.5 Å². The van der Waals surface area contributed by atoms with Crippen LogP contribution in [-0.4, -0.2) is 29.2 Å². The van der Waals surface area contributed by atoms with Crippen LogP contribution in [0.4, 0.5) is 0 Å². The summed E-state index contributed by atoms with van der Waals surface area (Å²) in [6.07, 6.45) is 5.85. The van der Waals surface area contributed by atoms with Crippen LogP contribution in [0.5, 0.6) is 0 Å². The molecule has 1 saturated heterocycles. The summed E-state index contributed by atoms with van der Waals surface area (Å²) >= 11 is 0. The van der Waals surface area contributed by atoms with Crippen LogP contribution >= 0.6 is 0 Å². The van der Waals surface area contributed by atoms with Crippen LogP contribution in [-0.2, 0) is 6.54 Å². The molecule has 2 fully saturated rings. The highest BCUT2D eigenvalue weighted by Gasteiger charge is 2.44. The van der Waals surface area contributed by atoms with Gasteiger partial charge >= 0.3 is 0 Å². The zero-order chi connectivity index (χ0) is 12.4. The van der Waals surface area contributed by atoms with Gasteiger partial charge in [-0.15, -0.1) is 0 Å². The monoisotopic (exact) mass is 245 g/mol. The van der Waals surface area contributed by atoms with E-state index in [0.717, 1.165) is 19.5 Å². The Morgan fingerprint density at radius 1 is 1.17 bits per heavy atom. The third kappa shape index (κ3) is 2.32. The summed E-state index contributed by atoms with van der Waals surface area (Å²) in [5.74, 6) is 0. The Morgan fingerprint density at radius 2 is 1.94 bits per heavy atom. The molecule has 18 heavy (non-hydrogen) atoms.